The number of fused-ring (bicyclic) bond motifs is 3. The van der Waals surface area contributed by atoms with Gasteiger partial charge in [-0.1, -0.05) is 12.1 Å². The van der Waals surface area contributed by atoms with Crippen LogP contribution in [0.1, 0.15) is 18.4 Å². The van der Waals surface area contributed by atoms with Crippen LogP contribution in [0.15, 0.2) is 48.8 Å². The lowest BCUT2D eigenvalue weighted by Crippen LogP contribution is -2.42. The van der Waals surface area contributed by atoms with Crippen LogP contribution in [0.2, 0.25) is 0 Å². The van der Waals surface area contributed by atoms with Crippen molar-refractivity contribution in [2.75, 3.05) is 18.6 Å². The largest absolute Gasteiger partial charge is 0.504 e. The summed E-state index contributed by atoms with van der Waals surface area (Å²) in [7, 11) is 1.48. The van der Waals surface area contributed by atoms with Crippen molar-refractivity contribution in [1.82, 2.24) is 14.4 Å². The molecule has 8 nitrogen and oxygen atoms in total. The zero-order chi connectivity index (χ0) is 24.3. The van der Waals surface area contributed by atoms with Crippen LogP contribution < -0.4 is 15.4 Å². The third-order valence-electron chi connectivity index (χ3n) is 7.21. The zero-order valence-corrected chi connectivity index (χ0v) is 20.2. The van der Waals surface area contributed by atoms with Crippen LogP contribution in [-0.2, 0) is 0 Å². The summed E-state index contributed by atoms with van der Waals surface area (Å²) >= 11 is 0. The number of anilines is 1. The van der Waals surface area contributed by atoms with E-state index in [1.165, 1.54) is 19.2 Å². The van der Waals surface area contributed by atoms with Crippen molar-refractivity contribution < 1.29 is 14.2 Å². The summed E-state index contributed by atoms with van der Waals surface area (Å²) in [6.07, 6.45) is 5.49. The Morgan fingerprint density at radius 1 is 1.19 bits per heavy atom. The van der Waals surface area contributed by atoms with E-state index in [-0.39, 0.29) is 35.8 Å². The highest BCUT2D eigenvalue weighted by Gasteiger charge is 2.44. The third-order valence-corrected chi connectivity index (χ3v) is 7.21. The predicted molar refractivity (Wildman–Crippen MR) is 136 cm³/mol. The second-order valence-electron chi connectivity index (χ2n) is 9.15. The van der Waals surface area contributed by atoms with Crippen molar-refractivity contribution in [1.29, 1.82) is 5.26 Å². The van der Waals surface area contributed by atoms with Crippen molar-refractivity contribution in [3.63, 3.8) is 0 Å². The minimum Gasteiger partial charge on any atom is -0.504 e. The van der Waals surface area contributed by atoms with Crippen LogP contribution in [0.25, 0.3) is 28.0 Å². The van der Waals surface area contributed by atoms with E-state index in [0.29, 0.717) is 39.7 Å². The van der Waals surface area contributed by atoms with Gasteiger partial charge in [-0.15, -0.1) is 12.4 Å². The number of benzene rings is 2. The fraction of sp³-hybridized carbons (Fsp3) is 0.269. The van der Waals surface area contributed by atoms with Crippen LogP contribution in [-0.4, -0.2) is 45.2 Å². The van der Waals surface area contributed by atoms with Gasteiger partial charge in [-0.2, -0.15) is 5.26 Å². The van der Waals surface area contributed by atoms with E-state index >= 15 is 0 Å². The Hall–Kier alpha value is -3.87. The molecule has 0 spiro atoms. The standard InChI is InChI=1S/C26H23FN6O2.ClH/c1-35-22-5-4-14(10-21(22)34)23-24(15-2-3-16(12-28)19(27)9-15)31-26(32-7-6-30-25(23)32)33-13-17-8-18(33)11-20(17)29;/h2-7,9-10,17-18,20,34H,8,11,13,29H2,1H3;1H. The molecule has 0 amide bonds. The van der Waals surface area contributed by atoms with E-state index in [0.717, 1.165) is 25.3 Å². The van der Waals surface area contributed by atoms with Gasteiger partial charge in [0.15, 0.2) is 11.5 Å². The number of piperidine rings is 1. The Kier molecular flexibility index (Phi) is 5.94. The first-order valence-electron chi connectivity index (χ1n) is 11.4. The molecule has 10 heteroatoms. The fourth-order valence-electron chi connectivity index (χ4n) is 5.48. The molecular formula is C26H24ClFN6O2. The van der Waals surface area contributed by atoms with Gasteiger partial charge >= 0.3 is 0 Å². The maximum absolute atomic E-state index is 14.7. The van der Waals surface area contributed by atoms with Crippen LogP contribution >= 0.6 is 12.4 Å². The number of hydrogen-bond acceptors (Lipinski definition) is 7. The third kappa shape index (κ3) is 3.61. The number of halogens is 2. The molecule has 1 saturated heterocycles. The van der Waals surface area contributed by atoms with Gasteiger partial charge in [-0.25, -0.2) is 14.4 Å². The lowest BCUT2D eigenvalue weighted by molar-refractivity contribution is 0.373. The highest BCUT2D eigenvalue weighted by atomic mass is 35.5. The van der Waals surface area contributed by atoms with E-state index < -0.39 is 5.82 Å². The Labute approximate surface area is 213 Å². The molecule has 1 aliphatic heterocycles. The van der Waals surface area contributed by atoms with Gasteiger partial charge in [0.05, 0.1) is 23.9 Å². The topological polar surface area (TPSA) is 113 Å². The molecule has 4 aromatic rings. The molecule has 3 heterocycles. The van der Waals surface area contributed by atoms with Gasteiger partial charge in [0.2, 0.25) is 5.95 Å². The second kappa shape index (κ2) is 8.97. The van der Waals surface area contributed by atoms with E-state index in [1.54, 1.807) is 24.4 Å². The predicted octanol–water partition coefficient (Wildman–Crippen LogP) is 4.14. The number of aromatic hydroxyl groups is 1. The van der Waals surface area contributed by atoms with Crippen LogP contribution in [0.5, 0.6) is 11.5 Å². The maximum Gasteiger partial charge on any atom is 0.212 e. The first-order valence-corrected chi connectivity index (χ1v) is 11.4. The van der Waals surface area contributed by atoms with Crippen molar-refractivity contribution in [3.05, 3.63) is 60.2 Å². The smallest absolute Gasteiger partial charge is 0.212 e. The summed E-state index contributed by atoms with van der Waals surface area (Å²) in [5, 5.41) is 19.7. The summed E-state index contributed by atoms with van der Waals surface area (Å²) < 4.78 is 21.8. The molecular weight excluding hydrogens is 483 g/mol. The number of hydrogen-bond donors (Lipinski definition) is 2. The number of imidazole rings is 1. The first kappa shape index (κ1) is 23.9. The number of phenols is 1. The van der Waals surface area contributed by atoms with Gasteiger partial charge in [0.1, 0.15) is 17.5 Å². The molecule has 2 aromatic carbocycles. The normalized spacial score (nSPS) is 20.4. The van der Waals surface area contributed by atoms with Gasteiger partial charge in [0, 0.05) is 36.6 Å². The summed E-state index contributed by atoms with van der Waals surface area (Å²) in [5.41, 5.74) is 9.20. The molecule has 184 valence electrons. The van der Waals surface area contributed by atoms with Crippen LogP contribution in [0, 0.1) is 23.1 Å². The molecule has 1 saturated carbocycles. The Morgan fingerprint density at radius 3 is 2.64 bits per heavy atom. The lowest BCUT2D eigenvalue weighted by Gasteiger charge is -2.31. The average Bonchev–Trinajstić information content (AvgIpc) is 3.59. The van der Waals surface area contributed by atoms with E-state index in [1.807, 2.05) is 22.7 Å². The average molecular weight is 507 g/mol. The van der Waals surface area contributed by atoms with Crippen molar-refractivity contribution in [3.8, 4) is 40.0 Å². The van der Waals surface area contributed by atoms with Crippen molar-refractivity contribution >= 4 is 24.0 Å². The summed E-state index contributed by atoms with van der Waals surface area (Å²) in [6.45, 7) is 0.802. The Morgan fingerprint density at radius 2 is 2.00 bits per heavy atom. The summed E-state index contributed by atoms with van der Waals surface area (Å²) in [6, 6.07) is 11.9. The molecule has 1 aliphatic carbocycles. The molecule has 2 aliphatic rings. The van der Waals surface area contributed by atoms with Gasteiger partial charge in [-0.3, -0.25) is 4.40 Å². The van der Waals surface area contributed by atoms with E-state index in [9.17, 15) is 14.8 Å². The Balaban J connectivity index is 0.00000267. The molecule has 3 atom stereocenters. The quantitative estimate of drug-likeness (QED) is 0.427. The molecule has 3 unspecified atom stereocenters. The molecule has 0 radical (unpaired) electrons. The summed E-state index contributed by atoms with van der Waals surface area (Å²) in [5.74, 6) is 0.827. The fourth-order valence-corrected chi connectivity index (χ4v) is 5.48. The molecule has 6 rings (SSSR count). The lowest BCUT2D eigenvalue weighted by atomic mass is 9.98. The van der Waals surface area contributed by atoms with Gasteiger partial charge in [0.25, 0.3) is 0 Å². The number of nitriles is 1. The molecule has 2 bridgehead atoms. The number of nitrogens with zero attached hydrogens (tertiary/aromatic N) is 5. The van der Waals surface area contributed by atoms with Crippen LogP contribution in [0.4, 0.5) is 10.3 Å². The number of methoxy groups -OCH3 is 1. The molecule has 36 heavy (non-hydrogen) atoms. The van der Waals surface area contributed by atoms with Crippen molar-refractivity contribution in [2.24, 2.45) is 11.7 Å². The Bertz CT molecular complexity index is 1510. The number of ether oxygens (including phenoxy) is 1. The SMILES string of the molecule is COc1ccc(-c2c(-c3ccc(C#N)c(F)c3)nc(N3CC4CC3CC4N)n3ccnc23)cc1O.Cl. The van der Waals surface area contributed by atoms with E-state index in [4.69, 9.17) is 15.5 Å². The van der Waals surface area contributed by atoms with Gasteiger partial charge in [-0.05, 0) is 48.6 Å². The van der Waals surface area contributed by atoms with Gasteiger partial charge < -0.3 is 20.5 Å². The maximum atomic E-state index is 14.7. The van der Waals surface area contributed by atoms with Crippen LogP contribution in [0.3, 0.4) is 0 Å². The highest BCUT2D eigenvalue weighted by molar-refractivity contribution is 5.91. The minimum atomic E-state index is -0.619. The van der Waals surface area contributed by atoms with E-state index in [2.05, 4.69) is 9.88 Å². The number of aromatic nitrogens is 3. The monoisotopic (exact) mass is 506 g/mol. The van der Waals surface area contributed by atoms with Crippen molar-refractivity contribution in [2.45, 2.75) is 24.9 Å². The zero-order valence-electron chi connectivity index (χ0n) is 19.4. The number of phenolic OH excluding ortho intramolecular Hbond substituents is 1. The second-order valence-corrected chi connectivity index (χ2v) is 9.15. The molecule has 2 fully saturated rings. The molecule has 3 N–H and O–H groups in total. The first-order chi connectivity index (χ1) is 17.0. The minimum absolute atomic E-state index is 0. The number of rotatable bonds is 4. The summed E-state index contributed by atoms with van der Waals surface area (Å²) in [4.78, 5) is 12.0. The number of nitrogens with two attached hydrogens (primary N) is 1. The molecule has 2 aromatic heterocycles. The highest BCUT2D eigenvalue weighted by Crippen LogP contribution is 2.43.